The zero-order chi connectivity index (χ0) is 22.2. The van der Waals surface area contributed by atoms with Gasteiger partial charge in [0.05, 0.1) is 19.2 Å². The number of carbonyl (C=O) groups is 1. The fourth-order valence-corrected chi connectivity index (χ4v) is 4.40. The van der Waals surface area contributed by atoms with E-state index >= 15 is 0 Å². The number of nitrogens with zero attached hydrogens (tertiary/aromatic N) is 3. The Kier molecular flexibility index (Phi) is 11.2. The predicted octanol–water partition coefficient (Wildman–Crippen LogP) is 2.57. The first kappa shape index (κ1) is 26.9. The van der Waals surface area contributed by atoms with Gasteiger partial charge in [-0.15, -0.1) is 24.0 Å². The van der Waals surface area contributed by atoms with Crippen LogP contribution in [0.2, 0.25) is 0 Å². The summed E-state index contributed by atoms with van der Waals surface area (Å²) >= 11 is 0. The Hall–Kier alpha value is -1.39. The maximum atomic E-state index is 12.1. The Morgan fingerprint density at radius 3 is 2.56 bits per heavy atom. The molecule has 2 fully saturated rings. The topological polar surface area (TPSA) is 80.2 Å². The molecule has 3 rings (SSSR count). The first-order valence-corrected chi connectivity index (χ1v) is 11.6. The largest absolute Gasteiger partial charge is 0.392 e. The Bertz CT molecular complexity index is 758. The van der Waals surface area contributed by atoms with Crippen molar-refractivity contribution in [2.24, 2.45) is 10.9 Å². The van der Waals surface area contributed by atoms with Gasteiger partial charge in [0.2, 0.25) is 5.91 Å². The molecule has 1 saturated heterocycles. The van der Waals surface area contributed by atoms with Crippen LogP contribution in [0.15, 0.2) is 29.3 Å². The summed E-state index contributed by atoms with van der Waals surface area (Å²) < 4.78 is 0. The molecular weight excluding hydrogens is 517 g/mol. The number of benzene rings is 1. The van der Waals surface area contributed by atoms with E-state index in [1.54, 1.807) is 19.0 Å². The van der Waals surface area contributed by atoms with Gasteiger partial charge in [0.25, 0.3) is 0 Å². The zero-order valence-electron chi connectivity index (χ0n) is 19.7. The molecule has 2 aliphatic rings. The van der Waals surface area contributed by atoms with Gasteiger partial charge in [-0.3, -0.25) is 9.69 Å². The first-order chi connectivity index (χ1) is 14.9. The van der Waals surface area contributed by atoms with E-state index < -0.39 is 0 Å². The number of nitrogens with one attached hydrogen (secondary N) is 2. The number of guanidine groups is 1. The van der Waals surface area contributed by atoms with Crippen LogP contribution in [0.1, 0.15) is 50.2 Å². The molecule has 3 atom stereocenters. The van der Waals surface area contributed by atoms with E-state index in [1.807, 2.05) is 6.07 Å². The number of halogens is 1. The van der Waals surface area contributed by atoms with Crippen LogP contribution in [-0.2, 0) is 17.9 Å². The molecule has 0 aromatic heterocycles. The highest BCUT2D eigenvalue weighted by molar-refractivity contribution is 14.0. The van der Waals surface area contributed by atoms with Gasteiger partial charge < -0.3 is 20.6 Å². The molecule has 1 aromatic rings. The number of hydrogen-bond donors (Lipinski definition) is 3. The number of likely N-dealkylation sites (tertiary alicyclic amines) is 1. The molecule has 1 heterocycles. The number of β-amino-alcohol motifs (C(OH)–C–C–N with tert-alkyl or cyclic N) is 1. The van der Waals surface area contributed by atoms with Gasteiger partial charge >= 0.3 is 0 Å². The number of likely N-dealkylation sites (N-methyl/N-ethyl adjacent to an activating group) is 1. The van der Waals surface area contributed by atoms with Gasteiger partial charge in [-0.2, -0.15) is 0 Å². The molecule has 7 nitrogen and oxygen atoms in total. The Balaban J connectivity index is 0.00000363. The lowest BCUT2D eigenvalue weighted by atomic mass is 9.86. The van der Waals surface area contributed by atoms with Crippen molar-refractivity contribution >= 4 is 35.8 Å². The van der Waals surface area contributed by atoms with Crippen LogP contribution in [0.5, 0.6) is 0 Å². The number of aliphatic imine (C=N–C) groups is 1. The van der Waals surface area contributed by atoms with Crippen LogP contribution >= 0.6 is 24.0 Å². The molecule has 1 amide bonds. The van der Waals surface area contributed by atoms with Crippen LogP contribution in [0.25, 0.3) is 0 Å². The van der Waals surface area contributed by atoms with Crippen LogP contribution in [0.4, 0.5) is 0 Å². The van der Waals surface area contributed by atoms with E-state index in [9.17, 15) is 9.90 Å². The number of amides is 1. The van der Waals surface area contributed by atoms with Crippen molar-refractivity contribution in [3.05, 3.63) is 35.4 Å². The van der Waals surface area contributed by atoms with Crippen LogP contribution in [-0.4, -0.2) is 72.6 Å². The lowest BCUT2D eigenvalue weighted by molar-refractivity contribution is -0.127. The molecule has 1 aromatic carbocycles. The molecule has 1 aliphatic carbocycles. The summed E-state index contributed by atoms with van der Waals surface area (Å²) in [5.41, 5.74) is 2.43. The van der Waals surface area contributed by atoms with Crippen molar-refractivity contribution in [1.29, 1.82) is 0 Å². The molecule has 0 spiro atoms. The van der Waals surface area contributed by atoms with E-state index in [-0.39, 0.29) is 42.5 Å². The quantitative estimate of drug-likeness (QED) is 0.273. The van der Waals surface area contributed by atoms with Crippen molar-refractivity contribution in [3.8, 4) is 0 Å². The van der Waals surface area contributed by atoms with Crippen LogP contribution in [0.3, 0.4) is 0 Å². The normalized spacial score (nSPS) is 24.0. The van der Waals surface area contributed by atoms with E-state index in [0.29, 0.717) is 24.5 Å². The Morgan fingerprint density at radius 1 is 1.19 bits per heavy atom. The van der Waals surface area contributed by atoms with Crippen molar-refractivity contribution in [1.82, 2.24) is 20.4 Å². The Labute approximate surface area is 210 Å². The van der Waals surface area contributed by atoms with Crippen molar-refractivity contribution < 1.29 is 9.90 Å². The maximum absolute atomic E-state index is 12.1. The molecule has 3 unspecified atom stereocenters. The smallest absolute Gasteiger partial charge is 0.241 e. The van der Waals surface area contributed by atoms with Crippen molar-refractivity contribution in [2.45, 2.75) is 64.3 Å². The number of hydrogen-bond acceptors (Lipinski definition) is 4. The molecule has 180 valence electrons. The van der Waals surface area contributed by atoms with Gasteiger partial charge in [0, 0.05) is 39.8 Å². The minimum atomic E-state index is -0.211. The van der Waals surface area contributed by atoms with E-state index in [4.69, 9.17) is 4.99 Å². The number of carbonyl (C=O) groups excluding carboxylic acids is 1. The van der Waals surface area contributed by atoms with Crippen molar-refractivity contribution in [2.75, 3.05) is 33.7 Å². The minimum absolute atomic E-state index is 0. The molecular formula is C24H40IN5O2. The second-order valence-corrected chi connectivity index (χ2v) is 9.27. The first-order valence-electron chi connectivity index (χ1n) is 11.6. The summed E-state index contributed by atoms with van der Waals surface area (Å²) in [6.07, 6.45) is 5.52. The molecule has 1 aliphatic heterocycles. The number of aliphatic hydroxyl groups is 1. The summed E-state index contributed by atoms with van der Waals surface area (Å²) in [5, 5.41) is 16.7. The summed E-state index contributed by atoms with van der Waals surface area (Å²) in [4.78, 5) is 20.9. The second kappa shape index (κ2) is 13.3. The highest BCUT2D eigenvalue weighted by atomic mass is 127. The molecule has 32 heavy (non-hydrogen) atoms. The van der Waals surface area contributed by atoms with Gasteiger partial charge in [-0.1, -0.05) is 44.0 Å². The average Bonchev–Trinajstić information content (AvgIpc) is 3.16. The van der Waals surface area contributed by atoms with Gasteiger partial charge in [0.15, 0.2) is 5.96 Å². The lowest BCUT2D eigenvalue weighted by Crippen LogP contribution is -2.49. The zero-order valence-corrected chi connectivity index (χ0v) is 22.0. The van der Waals surface area contributed by atoms with E-state index in [1.165, 1.54) is 30.4 Å². The number of aliphatic hydroxyl groups excluding tert-OH is 1. The molecule has 1 saturated carbocycles. The fraction of sp³-hybridized carbons (Fsp3) is 0.667. The predicted molar refractivity (Wildman–Crippen MR) is 140 cm³/mol. The van der Waals surface area contributed by atoms with Crippen molar-refractivity contribution in [3.63, 3.8) is 0 Å². The minimum Gasteiger partial charge on any atom is -0.392 e. The molecule has 3 N–H and O–H groups in total. The summed E-state index contributed by atoms with van der Waals surface area (Å²) in [6, 6.07) is 8.76. The standard InChI is InChI=1S/C24H39N5O2.HI/c1-18-8-4-7-11-22(18)27-24(26-15-23(31)28(2)3)25-14-19-9-5-6-10-20(19)16-29-13-12-21(30)17-29;/h5-6,9-10,18,21-22,30H,4,7-8,11-17H2,1-3H3,(H2,25,26,27);1H. The average molecular weight is 558 g/mol. The van der Waals surface area contributed by atoms with E-state index in [2.05, 4.69) is 40.7 Å². The molecule has 0 radical (unpaired) electrons. The van der Waals surface area contributed by atoms with Gasteiger partial charge in [-0.25, -0.2) is 4.99 Å². The maximum Gasteiger partial charge on any atom is 0.241 e. The van der Waals surface area contributed by atoms with Gasteiger partial charge in [0.1, 0.15) is 0 Å². The van der Waals surface area contributed by atoms with Gasteiger partial charge in [-0.05, 0) is 36.3 Å². The Morgan fingerprint density at radius 2 is 1.91 bits per heavy atom. The third-order valence-electron chi connectivity index (χ3n) is 6.51. The molecule has 0 bridgehead atoms. The van der Waals surface area contributed by atoms with Crippen LogP contribution in [0, 0.1) is 5.92 Å². The molecule has 8 heteroatoms. The lowest BCUT2D eigenvalue weighted by Gasteiger charge is -2.31. The van der Waals surface area contributed by atoms with Crippen LogP contribution < -0.4 is 10.6 Å². The fourth-order valence-electron chi connectivity index (χ4n) is 4.40. The third kappa shape index (κ3) is 8.19. The summed E-state index contributed by atoms with van der Waals surface area (Å²) in [7, 11) is 3.53. The third-order valence-corrected chi connectivity index (χ3v) is 6.51. The van der Waals surface area contributed by atoms with E-state index in [0.717, 1.165) is 32.5 Å². The monoisotopic (exact) mass is 557 g/mol. The highest BCUT2D eigenvalue weighted by Crippen LogP contribution is 2.23. The summed E-state index contributed by atoms with van der Waals surface area (Å²) in [5.74, 6) is 1.33. The second-order valence-electron chi connectivity index (χ2n) is 9.27. The SMILES string of the molecule is CC1CCCCC1NC(=NCc1ccccc1CN1CCC(O)C1)NCC(=O)N(C)C.I. The summed E-state index contributed by atoms with van der Waals surface area (Å²) in [6.45, 7) is 5.57. The highest BCUT2D eigenvalue weighted by Gasteiger charge is 2.23. The number of rotatable bonds is 7.